The highest BCUT2D eigenvalue weighted by molar-refractivity contribution is 5.21. The van der Waals surface area contributed by atoms with Gasteiger partial charge < -0.3 is 0 Å². The molecule has 1 heterocycles. The Labute approximate surface area is 228 Å². The zero-order valence-corrected chi connectivity index (χ0v) is 25.3. The van der Waals surface area contributed by atoms with Crippen LogP contribution in [0.3, 0.4) is 0 Å². The van der Waals surface area contributed by atoms with Crippen LogP contribution in [0.1, 0.15) is 186 Å². The second kappa shape index (κ2) is 25.8. The molecule has 0 aromatic carbocycles. The lowest BCUT2D eigenvalue weighted by atomic mass is 9.97. The Hall–Kier alpha value is -0.850. The lowest BCUT2D eigenvalue weighted by molar-refractivity contribution is -0.694. The van der Waals surface area contributed by atoms with Crippen molar-refractivity contribution in [2.24, 2.45) is 0 Å². The fourth-order valence-corrected chi connectivity index (χ4v) is 5.60. The SMILES string of the molecule is CCCCCCCCCCCCCCc1cc[n+](CC)cc1CCCCCCCCCCCCCC. The van der Waals surface area contributed by atoms with Crippen LogP contribution < -0.4 is 4.57 Å². The smallest absolute Gasteiger partial charge is 0.172 e. The largest absolute Gasteiger partial charge is 0.205 e. The van der Waals surface area contributed by atoms with Gasteiger partial charge in [0.1, 0.15) is 6.54 Å². The molecular formula is C35H66N+. The number of rotatable bonds is 27. The highest BCUT2D eigenvalue weighted by Crippen LogP contribution is 2.18. The molecule has 0 unspecified atom stereocenters. The molecule has 0 spiro atoms. The minimum atomic E-state index is 1.09. The van der Waals surface area contributed by atoms with E-state index in [-0.39, 0.29) is 0 Å². The van der Waals surface area contributed by atoms with Crippen molar-refractivity contribution in [2.75, 3.05) is 0 Å². The van der Waals surface area contributed by atoms with E-state index in [0.29, 0.717) is 0 Å². The minimum absolute atomic E-state index is 1.09. The summed E-state index contributed by atoms with van der Waals surface area (Å²) in [6, 6.07) is 2.43. The summed E-state index contributed by atoms with van der Waals surface area (Å²) in [5, 5.41) is 0. The van der Waals surface area contributed by atoms with Crippen molar-refractivity contribution in [3.05, 3.63) is 29.6 Å². The molecule has 1 heteroatoms. The number of unbranched alkanes of at least 4 members (excludes halogenated alkanes) is 22. The summed E-state index contributed by atoms with van der Waals surface area (Å²) in [6.07, 6.45) is 41.8. The third kappa shape index (κ3) is 19.3. The van der Waals surface area contributed by atoms with Crippen molar-refractivity contribution in [3.8, 4) is 0 Å². The highest BCUT2D eigenvalue weighted by atomic mass is 14.9. The molecule has 0 aliphatic heterocycles. The number of pyridine rings is 1. The van der Waals surface area contributed by atoms with E-state index in [9.17, 15) is 0 Å². The minimum Gasteiger partial charge on any atom is -0.205 e. The molecule has 1 nitrogen and oxygen atoms in total. The van der Waals surface area contributed by atoms with Crippen molar-refractivity contribution in [3.63, 3.8) is 0 Å². The van der Waals surface area contributed by atoms with Gasteiger partial charge in [0.25, 0.3) is 0 Å². The maximum atomic E-state index is 2.45. The molecule has 0 bridgehead atoms. The van der Waals surface area contributed by atoms with Gasteiger partial charge in [-0.25, -0.2) is 4.57 Å². The van der Waals surface area contributed by atoms with Crippen LogP contribution in [0.2, 0.25) is 0 Å². The first kappa shape index (κ1) is 33.2. The molecule has 0 aliphatic carbocycles. The highest BCUT2D eigenvalue weighted by Gasteiger charge is 2.08. The number of hydrogen-bond donors (Lipinski definition) is 0. The molecule has 0 saturated heterocycles. The van der Waals surface area contributed by atoms with E-state index >= 15 is 0 Å². The van der Waals surface area contributed by atoms with Gasteiger partial charge in [-0.05, 0) is 38.2 Å². The zero-order valence-electron chi connectivity index (χ0n) is 25.3. The monoisotopic (exact) mass is 501 g/mol. The van der Waals surface area contributed by atoms with Gasteiger partial charge in [0, 0.05) is 11.6 Å². The molecule has 0 amide bonds. The van der Waals surface area contributed by atoms with Gasteiger partial charge in [0.2, 0.25) is 0 Å². The van der Waals surface area contributed by atoms with Crippen LogP contribution in [0, 0.1) is 0 Å². The van der Waals surface area contributed by atoms with Crippen molar-refractivity contribution < 1.29 is 4.57 Å². The van der Waals surface area contributed by atoms with Crippen LogP contribution in [0.15, 0.2) is 18.5 Å². The topological polar surface area (TPSA) is 3.88 Å². The van der Waals surface area contributed by atoms with Crippen LogP contribution in [-0.2, 0) is 19.4 Å². The lowest BCUT2D eigenvalue weighted by Gasteiger charge is -2.09. The van der Waals surface area contributed by atoms with E-state index in [4.69, 9.17) is 0 Å². The normalized spacial score (nSPS) is 11.4. The van der Waals surface area contributed by atoms with Crippen LogP contribution in [0.5, 0.6) is 0 Å². The Balaban J connectivity index is 2.10. The molecule has 0 radical (unpaired) electrons. The van der Waals surface area contributed by atoms with Gasteiger partial charge in [-0.2, -0.15) is 0 Å². The maximum Gasteiger partial charge on any atom is 0.172 e. The van der Waals surface area contributed by atoms with Gasteiger partial charge >= 0.3 is 0 Å². The Morgan fingerprint density at radius 2 is 0.750 bits per heavy atom. The first-order chi connectivity index (χ1) is 17.8. The summed E-state index contributed by atoms with van der Waals surface area (Å²) < 4.78 is 2.38. The predicted octanol–water partition coefficient (Wildman–Crippen LogP) is 11.5. The van der Waals surface area contributed by atoms with E-state index in [1.165, 1.54) is 167 Å². The van der Waals surface area contributed by atoms with Gasteiger partial charge in [0.15, 0.2) is 12.4 Å². The van der Waals surface area contributed by atoms with Gasteiger partial charge in [-0.1, -0.05) is 155 Å². The molecular weight excluding hydrogens is 434 g/mol. The molecule has 0 saturated carbocycles. The molecule has 1 aromatic heterocycles. The Kier molecular flexibility index (Phi) is 23.8. The summed E-state index contributed by atoms with van der Waals surface area (Å²) in [5.41, 5.74) is 3.27. The molecule has 1 aromatic rings. The van der Waals surface area contributed by atoms with Crippen LogP contribution in [0.25, 0.3) is 0 Å². The molecule has 0 aliphatic rings. The Morgan fingerprint density at radius 3 is 1.11 bits per heavy atom. The van der Waals surface area contributed by atoms with Crippen LogP contribution in [0.4, 0.5) is 0 Å². The van der Waals surface area contributed by atoms with Gasteiger partial charge in [0.05, 0.1) is 0 Å². The van der Waals surface area contributed by atoms with Gasteiger partial charge in [-0.15, -0.1) is 0 Å². The summed E-state index contributed by atoms with van der Waals surface area (Å²) in [4.78, 5) is 0. The van der Waals surface area contributed by atoms with E-state index in [1.807, 2.05) is 0 Å². The lowest BCUT2D eigenvalue weighted by Crippen LogP contribution is -2.32. The average Bonchev–Trinajstić information content (AvgIpc) is 2.90. The van der Waals surface area contributed by atoms with Crippen molar-refractivity contribution in [1.29, 1.82) is 0 Å². The third-order valence-corrected chi connectivity index (χ3v) is 8.17. The van der Waals surface area contributed by atoms with Crippen molar-refractivity contribution >= 4 is 0 Å². The number of nitrogens with zero attached hydrogens (tertiary/aromatic N) is 1. The van der Waals surface area contributed by atoms with E-state index in [2.05, 4.69) is 43.8 Å². The molecule has 0 atom stereocenters. The predicted molar refractivity (Wildman–Crippen MR) is 162 cm³/mol. The van der Waals surface area contributed by atoms with E-state index in [1.54, 1.807) is 11.1 Å². The standard InChI is InChI=1S/C35H66N/c1-4-7-9-11-13-15-17-19-21-23-25-27-29-34-31-32-36(6-3)33-35(34)30-28-26-24-22-20-18-16-14-12-10-8-5-2/h31-33H,4-30H2,1-3H3/q+1. The third-order valence-electron chi connectivity index (χ3n) is 8.17. The second-order valence-electron chi connectivity index (χ2n) is 11.6. The summed E-state index contributed by atoms with van der Waals surface area (Å²) in [5.74, 6) is 0. The summed E-state index contributed by atoms with van der Waals surface area (Å²) >= 11 is 0. The number of aryl methyl sites for hydroxylation is 3. The van der Waals surface area contributed by atoms with E-state index in [0.717, 1.165) is 6.54 Å². The first-order valence-corrected chi connectivity index (χ1v) is 16.8. The van der Waals surface area contributed by atoms with Crippen molar-refractivity contribution in [1.82, 2.24) is 0 Å². The summed E-state index contributed by atoms with van der Waals surface area (Å²) in [7, 11) is 0. The first-order valence-electron chi connectivity index (χ1n) is 16.8. The molecule has 1 rings (SSSR count). The molecule has 0 fully saturated rings. The fraction of sp³-hybridized carbons (Fsp3) is 0.857. The molecule has 0 N–H and O–H groups in total. The number of aromatic nitrogens is 1. The van der Waals surface area contributed by atoms with Crippen molar-refractivity contribution in [2.45, 2.75) is 194 Å². The van der Waals surface area contributed by atoms with E-state index < -0.39 is 0 Å². The Morgan fingerprint density at radius 1 is 0.417 bits per heavy atom. The van der Waals surface area contributed by atoms with Crippen LogP contribution in [-0.4, -0.2) is 0 Å². The molecule has 36 heavy (non-hydrogen) atoms. The Bertz CT molecular complexity index is 578. The van der Waals surface area contributed by atoms with Gasteiger partial charge in [-0.3, -0.25) is 0 Å². The maximum absolute atomic E-state index is 2.45. The number of hydrogen-bond acceptors (Lipinski definition) is 0. The van der Waals surface area contributed by atoms with Crippen LogP contribution >= 0.6 is 0 Å². The molecule has 210 valence electrons. The zero-order chi connectivity index (χ0) is 25.9. The fourth-order valence-electron chi connectivity index (χ4n) is 5.60. The average molecular weight is 501 g/mol. The quantitative estimate of drug-likeness (QED) is 0.0835. The second-order valence-corrected chi connectivity index (χ2v) is 11.6. The summed E-state index contributed by atoms with van der Waals surface area (Å²) in [6.45, 7) is 7.96.